The average Bonchev–Trinajstić information content (AvgIpc) is 3.42. The van der Waals surface area contributed by atoms with Crippen LogP contribution in [0.4, 0.5) is 5.69 Å². The van der Waals surface area contributed by atoms with Gasteiger partial charge in [0, 0.05) is 16.1 Å². The Kier molecular flexibility index (Phi) is 9.88. The number of ether oxygens (including phenoxy) is 2. The molecule has 2 N–H and O–H groups in total. The highest BCUT2D eigenvalue weighted by atomic mass is 79.9. The molecule has 3 aromatic carbocycles. The van der Waals surface area contributed by atoms with Crippen LogP contribution in [0.25, 0.3) is 0 Å². The SMILES string of the molecule is CCOc1cc(/C=N\NC(=O)c2ccc(NC(=O)Cc3cccs3)cc2)cc(Br)c1OCc1cccc(C)c1. The molecule has 4 rings (SSSR count). The van der Waals surface area contributed by atoms with Gasteiger partial charge in [0.2, 0.25) is 5.91 Å². The number of hydrazone groups is 1. The second kappa shape index (κ2) is 13.7. The van der Waals surface area contributed by atoms with E-state index in [4.69, 9.17) is 9.47 Å². The van der Waals surface area contributed by atoms with Crippen LogP contribution in [0, 0.1) is 6.92 Å². The number of rotatable bonds is 11. The van der Waals surface area contributed by atoms with Crippen molar-refractivity contribution in [3.63, 3.8) is 0 Å². The Morgan fingerprint density at radius 3 is 2.56 bits per heavy atom. The number of nitrogens with one attached hydrogen (secondary N) is 2. The van der Waals surface area contributed by atoms with Gasteiger partial charge in [-0.05, 0) is 88.7 Å². The molecule has 0 spiro atoms. The zero-order chi connectivity index (χ0) is 27.6. The molecule has 0 aliphatic rings. The molecular formula is C30H28BrN3O4S. The lowest BCUT2D eigenvalue weighted by molar-refractivity contribution is -0.115. The Morgan fingerprint density at radius 1 is 1.03 bits per heavy atom. The van der Waals surface area contributed by atoms with Crippen molar-refractivity contribution >= 4 is 51.0 Å². The smallest absolute Gasteiger partial charge is 0.271 e. The van der Waals surface area contributed by atoms with Crippen molar-refractivity contribution in [2.75, 3.05) is 11.9 Å². The molecule has 0 saturated carbocycles. The first kappa shape index (κ1) is 28.1. The van der Waals surface area contributed by atoms with Crippen LogP contribution >= 0.6 is 27.3 Å². The first-order chi connectivity index (χ1) is 18.9. The second-order valence-electron chi connectivity index (χ2n) is 8.62. The van der Waals surface area contributed by atoms with Crippen LogP contribution in [0.1, 0.15) is 38.8 Å². The van der Waals surface area contributed by atoms with Gasteiger partial charge in [0.15, 0.2) is 11.5 Å². The number of carbonyl (C=O) groups excluding carboxylic acids is 2. The molecule has 1 heterocycles. The fourth-order valence-corrected chi connectivity index (χ4v) is 5.01. The zero-order valence-corrected chi connectivity index (χ0v) is 24.0. The lowest BCUT2D eigenvalue weighted by Crippen LogP contribution is -2.18. The Hall–Kier alpha value is -3.95. The Bertz CT molecular complexity index is 1450. The lowest BCUT2D eigenvalue weighted by atomic mass is 10.1. The summed E-state index contributed by atoms with van der Waals surface area (Å²) < 4.78 is 12.6. The Labute approximate surface area is 240 Å². The number of amides is 2. The largest absolute Gasteiger partial charge is 0.490 e. The summed E-state index contributed by atoms with van der Waals surface area (Å²) in [7, 11) is 0. The van der Waals surface area contributed by atoms with Crippen LogP contribution in [0.3, 0.4) is 0 Å². The lowest BCUT2D eigenvalue weighted by Gasteiger charge is -2.15. The number of halogens is 1. The molecule has 4 aromatic rings. The number of thiophene rings is 1. The molecule has 200 valence electrons. The summed E-state index contributed by atoms with van der Waals surface area (Å²) in [5.41, 5.74) is 6.52. The van der Waals surface area contributed by atoms with Crippen LogP contribution in [0.5, 0.6) is 11.5 Å². The van der Waals surface area contributed by atoms with Crippen molar-refractivity contribution in [1.29, 1.82) is 0 Å². The molecule has 1 aromatic heterocycles. The highest BCUT2D eigenvalue weighted by molar-refractivity contribution is 9.10. The van der Waals surface area contributed by atoms with Crippen molar-refractivity contribution < 1.29 is 19.1 Å². The summed E-state index contributed by atoms with van der Waals surface area (Å²) in [6.45, 7) is 4.82. The number of aryl methyl sites for hydroxylation is 1. The maximum Gasteiger partial charge on any atom is 0.271 e. The van der Waals surface area contributed by atoms with Gasteiger partial charge in [0.1, 0.15) is 6.61 Å². The average molecular weight is 607 g/mol. The minimum Gasteiger partial charge on any atom is -0.490 e. The standard InChI is InChI=1S/C30H28BrN3O4S/c1-3-37-27-16-22(15-26(31)29(27)38-19-21-7-4-6-20(2)14-21)18-32-34-30(36)23-9-11-24(12-10-23)33-28(35)17-25-8-5-13-39-25/h4-16,18H,3,17,19H2,1-2H3,(H,33,35)(H,34,36)/b32-18-. The summed E-state index contributed by atoms with van der Waals surface area (Å²) in [6.07, 6.45) is 1.85. The Morgan fingerprint density at radius 2 is 1.85 bits per heavy atom. The number of hydrogen-bond acceptors (Lipinski definition) is 6. The van der Waals surface area contributed by atoms with E-state index >= 15 is 0 Å². The van der Waals surface area contributed by atoms with E-state index < -0.39 is 0 Å². The third-order valence-corrected chi connectivity index (χ3v) is 6.99. The molecule has 9 heteroatoms. The normalized spacial score (nSPS) is 10.8. The van der Waals surface area contributed by atoms with Crippen LogP contribution in [0.2, 0.25) is 0 Å². The van der Waals surface area contributed by atoms with Gasteiger partial charge >= 0.3 is 0 Å². The van der Waals surface area contributed by atoms with Crippen LogP contribution in [-0.4, -0.2) is 24.6 Å². The number of carbonyl (C=O) groups is 2. The van der Waals surface area contributed by atoms with Gasteiger partial charge in [-0.15, -0.1) is 11.3 Å². The minimum atomic E-state index is -0.370. The molecule has 0 saturated heterocycles. The molecule has 0 fully saturated rings. The molecule has 0 radical (unpaired) electrons. The van der Waals surface area contributed by atoms with E-state index in [1.54, 1.807) is 24.3 Å². The van der Waals surface area contributed by atoms with E-state index in [-0.39, 0.29) is 11.8 Å². The van der Waals surface area contributed by atoms with Gasteiger partial charge in [-0.1, -0.05) is 35.9 Å². The molecular weight excluding hydrogens is 578 g/mol. The van der Waals surface area contributed by atoms with Gasteiger partial charge < -0.3 is 14.8 Å². The highest BCUT2D eigenvalue weighted by Crippen LogP contribution is 2.37. The number of nitrogens with zero attached hydrogens (tertiary/aromatic N) is 1. The first-order valence-electron chi connectivity index (χ1n) is 12.3. The summed E-state index contributed by atoms with van der Waals surface area (Å²) in [5.74, 6) is 0.694. The summed E-state index contributed by atoms with van der Waals surface area (Å²) in [5, 5.41) is 8.87. The summed E-state index contributed by atoms with van der Waals surface area (Å²) >= 11 is 5.11. The van der Waals surface area contributed by atoms with Crippen LogP contribution < -0.4 is 20.2 Å². The molecule has 0 aliphatic carbocycles. The van der Waals surface area contributed by atoms with Gasteiger partial charge in [-0.3, -0.25) is 9.59 Å². The van der Waals surface area contributed by atoms with Gasteiger partial charge in [0.05, 0.1) is 23.7 Å². The monoisotopic (exact) mass is 605 g/mol. The zero-order valence-electron chi connectivity index (χ0n) is 21.6. The second-order valence-corrected chi connectivity index (χ2v) is 10.5. The van der Waals surface area contributed by atoms with Crippen molar-refractivity contribution in [3.05, 3.63) is 110 Å². The number of anilines is 1. The van der Waals surface area contributed by atoms with Crippen LogP contribution in [-0.2, 0) is 17.8 Å². The van der Waals surface area contributed by atoms with E-state index in [1.165, 1.54) is 23.1 Å². The molecule has 7 nitrogen and oxygen atoms in total. The fourth-order valence-electron chi connectivity index (χ4n) is 3.73. The summed E-state index contributed by atoms with van der Waals surface area (Å²) in [6, 6.07) is 22.3. The minimum absolute atomic E-state index is 0.108. The fraction of sp³-hybridized carbons (Fsp3) is 0.167. The highest BCUT2D eigenvalue weighted by Gasteiger charge is 2.13. The van der Waals surface area contributed by atoms with Gasteiger partial charge in [-0.2, -0.15) is 5.10 Å². The molecule has 2 amide bonds. The maximum absolute atomic E-state index is 12.5. The van der Waals surface area contributed by atoms with E-state index in [0.29, 0.717) is 46.9 Å². The van der Waals surface area contributed by atoms with Crippen molar-refractivity contribution in [3.8, 4) is 11.5 Å². The van der Waals surface area contributed by atoms with E-state index in [1.807, 2.05) is 61.7 Å². The molecule has 39 heavy (non-hydrogen) atoms. The third-order valence-electron chi connectivity index (χ3n) is 5.52. The maximum atomic E-state index is 12.5. The van der Waals surface area contributed by atoms with E-state index in [0.717, 1.165) is 16.0 Å². The quantitative estimate of drug-likeness (QED) is 0.146. The molecule has 0 aliphatic heterocycles. The van der Waals surface area contributed by atoms with E-state index in [2.05, 4.69) is 37.8 Å². The molecule has 0 unspecified atom stereocenters. The number of hydrogen-bond donors (Lipinski definition) is 2. The Balaban J connectivity index is 1.35. The van der Waals surface area contributed by atoms with Gasteiger partial charge in [0.25, 0.3) is 5.91 Å². The van der Waals surface area contributed by atoms with Gasteiger partial charge in [-0.25, -0.2) is 5.43 Å². The van der Waals surface area contributed by atoms with E-state index in [9.17, 15) is 9.59 Å². The van der Waals surface area contributed by atoms with Crippen molar-refractivity contribution in [2.24, 2.45) is 5.10 Å². The topological polar surface area (TPSA) is 89.0 Å². The number of benzene rings is 3. The van der Waals surface area contributed by atoms with Crippen molar-refractivity contribution in [1.82, 2.24) is 5.43 Å². The predicted octanol–water partition coefficient (Wildman–Crippen LogP) is 6.74. The predicted molar refractivity (Wildman–Crippen MR) is 159 cm³/mol. The molecule has 0 bridgehead atoms. The molecule has 0 atom stereocenters. The first-order valence-corrected chi connectivity index (χ1v) is 14.0. The van der Waals surface area contributed by atoms with Crippen molar-refractivity contribution in [2.45, 2.75) is 26.9 Å². The summed E-state index contributed by atoms with van der Waals surface area (Å²) in [4.78, 5) is 25.7. The third kappa shape index (κ3) is 8.27. The van der Waals surface area contributed by atoms with Crippen LogP contribution in [0.15, 0.2) is 87.8 Å².